The van der Waals surface area contributed by atoms with Crippen molar-refractivity contribution in [3.8, 4) is 16.3 Å². The zero-order valence-corrected chi connectivity index (χ0v) is 20.6. The van der Waals surface area contributed by atoms with E-state index in [1.165, 1.54) is 22.8 Å². The molecule has 0 saturated heterocycles. The summed E-state index contributed by atoms with van der Waals surface area (Å²) in [5.41, 5.74) is 3.41. The normalized spacial score (nSPS) is 13.2. The number of hydrogen-bond acceptors (Lipinski definition) is 6. The van der Waals surface area contributed by atoms with Crippen molar-refractivity contribution in [2.75, 3.05) is 23.3 Å². The molecule has 2 heterocycles. The first-order valence-corrected chi connectivity index (χ1v) is 13.4. The lowest BCUT2D eigenvalue weighted by atomic mass is 10.0. The van der Waals surface area contributed by atoms with Crippen LogP contribution in [-0.4, -0.2) is 33.0 Å². The average molecular weight is 506 g/mol. The second kappa shape index (κ2) is 9.52. The average Bonchev–Trinajstić information content (AvgIpc) is 3.39. The van der Waals surface area contributed by atoms with Gasteiger partial charge in [0.05, 0.1) is 17.7 Å². The van der Waals surface area contributed by atoms with Crippen molar-refractivity contribution < 1.29 is 17.9 Å². The summed E-state index contributed by atoms with van der Waals surface area (Å²) >= 11 is 1.41. The van der Waals surface area contributed by atoms with Gasteiger partial charge in [0.15, 0.2) is 0 Å². The Morgan fingerprint density at radius 1 is 1.06 bits per heavy atom. The predicted molar refractivity (Wildman–Crippen MR) is 138 cm³/mol. The summed E-state index contributed by atoms with van der Waals surface area (Å²) in [5, 5.41) is 5.41. The molecular formula is C26H23N3O4S2. The van der Waals surface area contributed by atoms with Gasteiger partial charge in [-0.05, 0) is 60.9 Å². The zero-order chi connectivity index (χ0) is 24.4. The van der Waals surface area contributed by atoms with Crippen LogP contribution < -0.4 is 14.4 Å². The Bertz CT molecular complexity index is 1470. The lowest BCUT2D eigenvalue weighted by Gasteiger charge is -2.31. The number of hydrogen-bond donors (Lipinski definition) is 1. The Balaban J connectivity index is 1.36. The highest BCUT2D eigenvalue weighted by Crippen LogP contribution is 2.34. The number of sulfonamides is 1. The fourth-order valence-corrected chi connectivity index (χ4v) is 6.40. The maximum Gasteiger partial charge on any atom is 0.275 e. The third-order valence-corrected chi connectivity index (χ3v) is 8.54. The van der Waals surface area contributed by atoms with Crippen LogP contribution in [0.15, 0.2) is 83.1 Å². The molecule has 1 N–H and O–H groups in total. The summed E-state index contributed by atoms with van der Waals surface area (Å²) in [6.45, 7) is 0.397. The first-order valence-electron chi connectivity index (χ1n) is 11.1. The maximum atomic E-state index is 13.3. The number of nitrogens with zero attached hydrogens (tertiary/aromatic N) is 2. The maximum absolute atomic E-state index is 13.3. The molecule has 1 aliphatic heterocycles. The molecule has 0 radical (unpaired) electrons. The number of carbonyl (C=O) groups excluding carboxylic acids is 1. The van der Waals surface area contributed by atoms with Crippen molar-refractivity contribution in [3.05, 3.63) is 89.4 Å². The van der Waals surface area contributed by atoms with E-state index in [1.807, 2.05) is 36.4 Å². The number of amides is 1. The number of ether oxygens (including phenoxy) is 1. The quantitative estimate of drug-likeness (QED) is 0.389. The van der Waals surface area contributed by atoms with Crippen molar-refractivity contribution in [2.45, 2.75) is 17.7 Å². The standard InChI is InChI=1S/C26H23N3O4S2/c1-33-21-10-12-22(13-11-21)35(31,32)29-15-5-8-19-16-20(9-14-24(19)29)27-25(30)23-17-34-26(28-23)18-6-3-2-4-7-18/h2-4,6-7,9-14,16-17H,5,8,15H2,1H3,(H,27,30). The lowest BCUT2D eigenvalue weighted by Crippen LogP contribution is -2.35. The fourth-order valence-electron chi connectivity index (χ4n) is 4.05. The zero-order valence-electron chi connectivity index (χ0n) is 19.0. The van der Waals surface area contributed by atoms with Gasteiger partial charge in [0.1, 0.15) is 16.5 Å². The van der Waals surface area contributed by atoms with E-state index in [4.69, 9.17) is 4.74 Å². The Morgan fingerprint density at radius 3 is 2.57 bits per heavy atom. The predicted octanol–water partition coefficient (Wildman–Crippen LogP) is 5.21. The highest BCUT2D eigenvalue weighted by atomic mass is 32.2. The van der Waals surface area contributed by atoms with Crippen LogP contribution in [0.1, 0.15) is 22.5 Å². The van der Waals surface area contributed by atoms with Crippen molar-refractivity contribution >= 4 is 38.6 Å². The first kappa shape index (κ1) is 23.1. The number of anilines is 2. The first-order chi connectivity index (χ1) is 17.0. The van der Waals surface area contributed by atoms with Crippen molar-refractivity contribution in [1.82, 2.24) is 4.98 Å². The van der Waals surface area contributed by atoms with Gasteiger partial charge >= 0.3 is 0 Å². The van der Waals surface area contributed by atoms with E-state index in [9.17, 15) is 13.2 Å². The van der Waals surface area contributed by atoms with E-state index in [0.29, 0.717) is 35.8 Å². The fraction of sp³-hybridized carbons (Fsp3) is 0.154. The molecule has 0 bridgehead atoms. The lowest BCUT2D eigenvalue weighted by molar-refractivity contribution is 0.102. The molecule has 5 rings (SSSR count). The molecule has 0 saturated carbocycles. The van der Waals surface area contributed by atoms with Crippen LogP contribution in [-0.2, 0) is 16.4 Å². The molecule has 1 aromatic heterocycles. The van der Waals surface area contributed by atoms with Crippen molar-refractivity contribution in [1.29, 1.82) is 0 Å². The molecule has 9 heteroatoms. The second-order valence-corrected chi connectivity index (χ2v) is 10.8. The van der Waals surface area contributed by atoms with E-state index in [-0.39, 0.29) is 10.8 Å². The molecule has 1 amide bonds. The van der Waals surface area contributed by atoms with Crippen LogP contribution in [0, 0.1) is 0 Å². The second-order valence-electron chi connectivity index (χ2n) is 8.06. The number of aromatic nitrogens is 1. The molecule has 0 spiro atoms. The van der Waals surface area contributed by atoms with Crippen LogP contribution >= 0.6 is 11.3 Å². The molecular weight excluding hydrogens is 482 g/mol. The Labute approximate surface area is 208 Å². The summed E-state index contributed by atoms with van der Waals surface area (Å²) < 4.78 is 33.2. The van der Waals surface area contributed by atoms with Gasteiger partial charge in [-0.15, -0.1) is 11.3 Å². The molecule has 0 fully saturated rings. The van der Waals surface area contributed by atoms with Gasteiger partial charge in [-0.2, -0.15) is 0 Å². The van der Waals surface area contributed by atoms with Crippen molar-refractivity contribution in [3.63, 3.8) is 0 Å². The molecule has 4 aromatic rings. The van der Waals surface area contributed by atoms with Crippen LogP contribution in [0.2, 0.25) is 0 Å². The highest BCUT2D eigenvalue weighted by Gasteiger charge is 2.29. The van der Waals surface area contributed by atoms with Gasteiger partial charge in [0.25, 0.3) is 15.9 Å². The minimum absolute atomic E-state index is 0.210. The smallest absolute Gasteiger partial charge is 0.275 e. The molecule has 0 atom stereocenters. The number of methoxy groups -OCH3 is 1. The molecule has 0 aliphatic carbocycles. The van der Waals surface area contributed by atoms with Gasteiger partial charge in [0, 0.05) is 23.2 Å². The number of rotatable bonds is 6. The minimum atomic E-state index is -3.72. The van der Waals surface area contributed by atoms with E-state index in [1.54, 1.807) is 41.8 Å². The monoisotopic (exact) mass is 505 g/mol. The molecule has 7 nitrogen and oxygen atoms in total. The van der Waals surface area contributed by atoms with Gasteiger partial charge < -0.3 is 10.1 Å². The van der Waals surface area contributed by atoms with E-state index >= 15 is 0 Å². The van der Waals surface area contributed by atoms with Gasteiger partial charge in [0.2, 0.25) is 0 Å². The van der Waals surface area contributed by atoms with E-state index in [2.05, 4.69) is 10.3 Å². The molecule has 1 aliphatic rings. The largest absolute Gasteiger partial charge is 0.497 e. The summed E-state index contributed by atoms with van der Waals surface area (Å²) in [4.78, 5) is 17.5. The minimum Gasteiger partial charge on any atom is -0.497 e. The van der Waals surface area contributed by atoms with Gasteiger partial charge in [-0.1, -0.05) is 30.3 Å². The third-order valence-electron chi connectivity index (χ3n) is 5.82. The van der Waals surface area contributed by atoms with Crippen LogP contribution in [0.4, 0.5) is 11.4 Å². The summed E-state index contributed by atoms with van der Waals surface area (Å²) in [6.07, 6.45) is 1.41. The Morgan fingerprint density at radius 2 is 1.83 bits per heavy atom. The molecule has 178 valence electrons. The van der Waals surface area contributed by atoms with Crippen LogP contribution in [0.3, 0.4) is 0 Å². The van der Waals surface area contributed by atoms with Crippen molar-refractivity contribution in [2.24, 2.45) is 0 Å². The molecule has 0 unspecified atom stereocenters. The number of nitrogens with one attached hydrogen (secondary N) is 1. The number of thiazole rings is 1. The third kappa shape index (κ3) is 4.65. The Kier molecular flexibility index (Phi) is 6.27. The number of aryl methyl sites for hydroxylation is 1. The SMILES string of the molecule is COc1ccc(S(=O)(=O)N2CCCc3cc(NC(=O)c4csc(-c5ccccc5)n4)ccc32)cc1. The highest BCUT2D eigenvalue weighted by molar-refractivity contribution is 7.92. The Hall–Kier alpha value is -3.69. The van der Waals surface area contributed by atoms with E-state index < -0.39 is 10.0 Å². The summed E-state index contributed by atoms with van der Waals surface area (Å²) in [6, 6.07) is 21.4. The topological polar surface area (TPSA) is 88.6 Å². The number of fused-ring (bicyclic) bond motifs is 1. The van der Waals surface area contributed by atoms with Crippen LogP contribution in [0.5, 0.6) is 5.75 Å². The van der Waals surface area contributed by atoms with E-state index in [0.717, 1.165) is 22.6 Å². The van der Waals surface area contributed by atoms with Gasteiger partial charge in [-0.25, -0.2) is 13.4 Å². The number of carbonyl (C=O) groups is 1. The summed E-state index contributed by atoms with van der Waals surface area (Å²) in [7, 11) is -2.18. The summed E-state index contributed by atoms with van der Waals surface area (Å²) in [5.74, 6) is 0.293. The molecule has 35 heavy (non-hydrogen) atoms. The van der Waals surface area contributed by atoms with Gasteiger partial charge in [-0.3, -0.25) is 9.10 Å². The molecule has 3 aromatic carbocycles. The number of benzene rings is 3. The van der Waals surface area contributed by atoms with Crippen LogP contribution in [0.25, 0.3) is 10.6 Å².